The van der Waals surface area contributed by atoms with Gasteiger partial charge in [0.05, 0.1) is 11.7 Å². The third-order valence-corrected chi connectivity index (χ3v) is 5.07. The van der Waals surface area contributed by atoms with E-state index in [9.17, 15) is 0 Å². The molecule has 1 saturated carbocycles. The molecule has 0 radical (unpaired) electrons. The van der Waals surface area contributed by atoms with Crippen LogP contribution in [-0.2, 0) is 9.47 Å². The number of ether oxygens (including phenoxy) is 2. The molecule has 2 rings (SSSR count). The molecular weight excluding hydrogens is 238 g/mol. The summed E-state index contributed by atoms with van der Waals surface area (Å²) in [6.45, 7) is 7.72. The maximum Gasteiger partial charge on any atom is 0.0774 e. The highest BCUT2D eigenvalue weighted by Gasteiger charge is 2.46. The van der Waals surface area contributed by atoms with Gasteiger partial charge in [-0.15, -0.1) is 0 Å². The molecular formula is C16H31NO2. The maximum absolute atomic E-state index is 6.06. The second-order valence-electron chi connectivity index (χ2n) is 7.47. The Balaban J connectivity index is 2.07. The van der Waals surface area contributed by atoms with Crippen LogP contribution in [0.25, 0.3) is 0 Å². The van der Waals surface area contributed by atoms with E-state index in [1.807, 2.05) is 7.11 Å². The van der Waals surface area contributed by atoms with Crippen LogP contribution < -0.4 is 5.32 Å². The Labute approximate surface area is 118 Å². The monoisotopic (exact) mass is 269 g/mol. The summed E-state index contributed by atoms with van der Waals surface area (Å²) in [5.74, 6) is 0.670. The van der Waals surface area contributed by atoms with Gasteiger partial charge in [0.15, 0.2) is 0 Å². The first kappa shape index (κ1) is 15.3. The van der Waals surface area contributed by atoms with E-state index in [0.717, 1.165) is 13.0 Å². The van der Waals surface area contributed by atoms with Crippen LogP contribution in [0.1, 0.15) is 52.9 Å². The Kier molecular flexibility index (Phi) is 4.59. The summed E-state index contributed by atoms with van der Waals surface area (Å²) in [5.41, 5.74) is 0.377. The summed E-state index contributed by atoms with van der Waals surface area (Å²) < 4.78 is 11.9. The van der Waals surface area contributed by atoms with Crippen molar-refractivity contribution in [1.29, 1.82) is 0 Å². The third kappa shape index (κ3) is 3.14. The van der Waals surface area contributed by atoms with Crippen LogP contribution in [-0.4, -0.2) is 38.5 Å². The van der Waals surface area contributed by atoms with Gasteiger partial charge in [0.1, 0.15) is 0 Å². The van der Waals surface area contributed by atoms with Gasteiger partial charge in [0.2, 0.25) is 0 Å². The van der Waals surface area contributed by atoms with Gasteiger partial charge in [-0.2, -0.15) is 0 Å². The predicted octanol–water partition coefficient (Wildman–Crippen LogP) is 2.98. The molecule has 2 aliphatic rings. The fourth-order valence-electron chi connectivity index (χ4n) is 3.96. The molecule has 0 amide bonds. The van der Waals surface area contributed by atoms with Crippen LogP contribution in [0.15, 0.2) is 0 Å². The SMILES string of the molecule is CNC(C1CCOC2(CCC2)C1)C(OC)C(C)(C)C. The van der Waals surface area contributed by atoms with Crippen molar-refractivity contribution in [3.05, 3.63) is 0 Å². The van der Waals surface area contributed by atoms with Gasteiger partial charge < -0.3 is 14.8 Å². The molecule has 0 aromatic carbocycles. The zero-order valence-corrected chi connectivity index (χ0v) is 13.3. The Bertz CT molecular complexity index is 294. The van der Waals surface area contributed by atoms with Gasteiger partial charge >= 0.3 is 0 Å². The zero-order chi connectivity index (χ0) is 14.1. The van der Waals surface area contributed by atoms with Gasteiger partial charge in [-0.25, -0.2) is 0 Å². The molecule has 0 aromatic rings. The van der Waals surface area contributed by atoms with Crippen LogP contribution in [0.4, 0.5) is 0 Å². The second kappa shape index (κ2) is 5.71. The molecule has 3 nitrogen and oxygen atoms in total. The molecule has 3 unspecified atom stereocenters. The van der Waals surface area contributed by atoms with E-state index in [-0.39, 0.29) is 17.1 Å². The summed E-state index contributed by atoms with van der Waals surface area (Å²) in [6, 6.07) is 0.423. The van der Waals surface area contributed by atoms with E-state index >= 15 is 0 Å². The van der Waals surface area contributed by atoms with Crippen molar-refractivity contribution in [2.45, 2.75) is 70.6 Å². The van der Waals surface area contributed by atoms with Crippen molar-refractivity contribution < 1.29 is 9.47 Å². The lowest BCUT2D eigenvalue weighted by Crippen LogP contribution is -2.55. The summed E-state index contributed by atoms with van der Waals surface area (Å²) in [7, 11) is 3.92. The van der Waals surface area contributed by atoms with E-state index in [2.05, 4.69) is 33.1 Å². The summed E-state index contributed by atoms with van der Waals surface area (Å²) in [4.78, 5) is 0. The lowest BCUT2D eigenvalue weighted by molar-refractivity contribution is -0.155. The molecule has 0 aromatic heterocycles. The van der Waals surface area contributed by atoms with E-state index in [1.54, 1.807) is 0 Å². The van der Waals surface area contributed by atoms with Crippen molar-refractivity contribution in [2.75, 3.05) is 20.8 Å². The van der Waals surface area contributed by atoms with Crippen molar-refractivity contribution in [3.63, 3.8) is 0 Å². The fourth-order valence-corrected chi connectivity index (χ4v) is 3.96. The van der Waals surface area contributed by atoms with Gasteiger partial charge in [-0.05, 0) is 50.5 Å². The molecule has 1 heterocycles. The van der Waals surface area contributed by atoms with Crippen molar-refractivity contribution in [1.82, 2.24) is 5.32 Å². The van der Waals surface area contributed by atoms with Gasteiger partial charge in [0.25, 0.3) is 0 Å². The molecule has 0 bridgehead atoms. The van der Waals surface area contributed by atoms with Crippen LogP contribution in [0.5, 0.6) is 0 Å². The standard InChI is InChI=1S/C16H31NO2/c1-15(2,3)14(18-5)13(17-4)12-7-10-19-16(11-12)8-6-9-16/h12-14,17H,6-11H2,1-5H3. The van der Waals surface area contributed by atoms with Gasteiger partial charge in [-0.1, -0.05) is 20.8 Å². The molecule has 3 heteroatoms. The van der Waals surface area contributed by atoms with Crippen LogP contribution in [0.3, 0.4) is 0 Å². The zero-order valence-electron chi connectivity index (χ0n) is 13.3. The number of rotatable bonds is 4. The van der Waals surface area contributed by atoms with Gasteiger partial charge in [0, 0.05) is 19.8 Å². The second-order valence-corrected chi connectivity index (χ2v) is 7.47. The molecule has 1 spiro atoms. The van der Waals surface area contributed by atoms with Gasteiger partial charge in [-0.3, -0.25) is 0 Å². The fraction of sp³-hybridized carbons (Fsp3) is 1.00. The number of hydrogen-bond acceptors (Lipinski definition) is 3. The molecule has 19 heavy (non-hydrogen) atoms. The number of likely N-dealkylation sites (N-methyl/N-ethyl adjacent to an activating group) is 1. The minimum atomic E-state index is 0.160. The number of nitrogens with one attached hydrogen (secondary N) is 1. The van der Waals surface area contributed by atoms with Crippen LogP contribution >= 0.6 is 0 Å². The highest BCUT2D eigenvalue weighted by atomic mass is 16.5. The average molecular weight is 269 g/mol. The Morgan fingerprint density at radius 1 is 1.32 bits per heavy atom. The van der Waals surface area contributed by atoms with E-state index < -0.39 is 0 Å². The first-order chi connectivity index (χ1) is 8.92. The Morgan fingerprint density at radius 3 is 2.42 bits per heavy atom. The van der Waals surface area contributed by atoms with Crippen molar-refractivity contribution in [3.8, 4) is 0 Å². The lowest BCUT2D eigenvalue weighted by Gasteiger charge is -2.50. The van der Waals surface area contributed by atoms with Crippen LogP contribution in [0, 0.1) is 11.3 Å². The molecule has 3 atom stereocenters. The minimum Gasteiger partial charge on any atom is -0.379 e. The van der Waals surface area contributed by atoms with Crippen molar-refractivity contribution >= 4 is 0 Å². The summed E-state index contributed by atoms with van der Waals surface area (Å²) >= 11 is 0. The quantitative estimate of drug-likeness (QED) is 0.851. The molecule has 1 N–H and O–H groups in total. The predicted molar refractivity (Wildman–Crippen MR) is 78.4 cm³/mol. The lowest BCUT2D eigenvalue weighted by atomic mass is 9.68. The van der Waals surface area contributed by atoms with E-state index in [4.69, 9.17) is 9.47 Å². The number of hydrogen-bond donors (Lipinski definition) is 1. The molecule has 112 valence electrons. The van der Waals surface area contributed by atoms with Crippen molar-refractivity contribution in [2.24, 2.45) is 11.3 Å². The smallest absolute Gasteiger partial charge is 0.0774 e. The average Bonchev–Trinajstić information content (AvgIpc) is 2.32. The first-order valence-electron chi connectivity index (χ1n) is 7.76. The molecule has 1 aliphatic heterocycles. The minimum absolute atomic E-state index is 0.160. The van der Waals surface area contributed by atoms with E-state index in [1.165, 1.54) is 25.7 Å². The normalized spacial score (nSPS) is 29.8. The molecule has 2 fully saturated rings. The Morgan fingerprint density at radius 2 is 2.00 bits per heavy atom. The largest absolute Gasteiger partial charge is 0.379 e. The highest BCUT2D eigenvalue weighted by molar-refractivity contribution is 4.99. The summed E-state index contributed by atoms with van der Waals surface area (Å²) in [6.07, 6.45) is 6.46. The topological polar surface area (TPSA) is 30.5 Å². The van der Waals surface area contributed by atoms with E-state index in [0.29, 0.717) is 12.0 Å². The summed E-state index contributed by atoms with van der Waals surface area (Å²) in [5, 5.41) is 3.53. The Hall–Kier alpha value is -0.120. The molecule has 1 aliphatic carbocycles. The first-order valence-corrected chi connectivity index (χ1v) is 7.76. The molecule has 1 saturated heterocycles. The van der Waals surface area contributed by atoms with Crippen LogP contribution in [0.2, 0.25) is 0 Å². The third-order valence-electron chi connectivity index (χ3n) is 5.07. The number of methoxy groups -OCH3 is 1. The highest BCUT2D eigenvalue weighted by Crippen LogP contribution is 2.46. The maximum atomic E-state index is 6.06.